The molecule has 0 spiro atoms. The van der Waals surface area contributed by atoms with Crippen LogP contribution in [0.1, 0.15) is 75.8 Å². The van der Waals surface area contributed by atoms with Crippen molar-refractivity contribution in [3.8, 4) is 0 Å². The summed E-state index contributed by atoms with van der Waals surface area (Å²) in [7, 11) is 0. The van der Waals surface area contributed by atoms with Crippen molar-refractivity contribution in [1.82, 2.24) is 0 Å². The highest BCUT2D eigenvalue weighted by molar-refractivity contribution is 5.86. The number of ether oxygens (including phenoxy) is 1. The Labute approximate surface area is 135 Å². The van der Waals surface area contributed by atoms with Crippen molar-refractivity contribution in [2.45, 2.75) is 77.2 Å². The highest BCUT2D eigenvalue weighted by Crippen LogP contribution is 2.27. The smallest absolute Gasteiger partial charge is 0.142 e. The zero-order valence-electron chi connectivity index (χ0n) is 14.1. The van der Waals surface area contributed by atoms with Crippen LogP contribution in [0.5, 0.6) is 0 Å². The summed E-state index contributed by atoms with van der Waals surface area (Å²) < 4.78 is 5.75. The van der Waals surface area contributed by atoms with Crippen LogP contribution in [0.3, 0.4) is 0 Å². The lowest BCUT2D eigenvalue weighted by Gasteiger charge is -2.24. The number of rotatable bonds is 8. The van der Waals surface area contributed by atoms with Crippen LogP contribution in [0.4, 0.5) is 0 Å². The topological polar surface area (TPSA) is 26.3 Å². The van der Waals surface area contributed by atoms with Gasteiger partial charge in [0, 0.05) is 18.9 Å². The van der Waals surface area contributed by atoms with E-state index in [0.717, 1.165) is 45.1 Å². The Morgan fingerprint density at radius 3 is 2.59 bits per heavy atom. The van der Waals surface area contributed by atoms with Crippen LogP contribution < -0.4 is 0 Å². The minimum absolute atomic E-state index is 0.0522. The van der Waals surface area contributed by atoms with Crippen LogP contribution in [-0.2, 0) is 16.0 Å². The molecule has 1 heterocycles. The molecule has 1 saturated heterocycles. The van der Waals surface area contributed by atoms with E-state index in [-0.39, 0.29) is 12.0 Å². The van der Waals surface area contributed by atoms with E-state index in [9.17, 15) is 4.79 Å². The van der Waals surface area contributed by atoms with Gasteiger partial charge in [0.2, 0.25) is 0 Å². The molecular weight excluding hydrogens is 272 g/mol. The maximum Gasteiger partial charge on any atom is 0.142 e. The molecule has 0 bridgehead atoms. The molecule has 1 aromatic rings. The average Bonchev–Trinajstić information content (AvgIpc) is 2.56. The predicted molar refractivity (Wildman–Crippen MR) is 91.3 cm³/mol. The second kappa shape index (κ2) is 9.09. The van der Waals surface area contributed by atoms with Gasteiger partial charge in [-0.1, -0.05) is 51.0 Å². The third-order valence-corrected chi connectivity index (χ3v) is 4.73. The summed E-state index contributed by atoms with van der Waals surface area (Å²) in [4.78, 5) is 12.8. The molecular formula is C20H30O2. The van der Waals surface area contributed by atoms with Crippen molar-refractivity contribution in [2.24, 2.45) is 0 Å². The van der Waals surface area contributed by atoms with Crippen LogP contribution in [0.15, 0.2) is 24.3 Å². The lowest BCUT2D eigenvalue weighted by molar-refractivity contribution is -0.124. The van der Waals surface area contributed by atoms with Gasteiger partial charge in [-0.15, -0.1) is 0 Å². The highest BCUT2D eigenvalue weighted by Gasteiger charge is 2.24. The van der Waals surface area contributed by atoms with E-state index in [1.54, 1.807) is 0 Å². The van der Waals surface area contributed by atoms with Crippen LogP contribution >= 0.6 is 0 Å². The first-order chi connectivity index (χ1) is 10.7. The van der Waals surface area contributed by atoms with Gasteiger partial charge in [-0.3, -0.25) is 4.79 Å². The van der Waals surface area contributed by atoms with Gasteiger partial charge in [0.1, 0.15) is 5.78 Å². The number of ketones is 1. The molecule has 1 aromatic carbocycles. The maximum absolute atomic E-state index is 12.8. The fourth-order valence-corrected chi connectivity index (χ4v) is 3.24. The van der Waals surface area contributed by atoms with Gasteiger partial charge in [-0.05, 0) is 43.2 Å². The normalized spacial score (nSPS) is 19.8. The van der Waals surface area contributed by atoms with E-state index < -0.39 is 0 Å². The minimum atomic E-state index is 0.0522. The molecule has 0 N–H and O–H groups in total. The molecule has 1 fully saturated rings. The van der Waals surface area contributed by atoms with Crippen LogP contribution in [0.2, 0.25) is 0 Å². The number of benzene rings is 1. The van der Waals surface area contributed by atoms with Crippen molar-refractivity contribution in [2.75, 3.05) is 6.61 Å². The first-order valence-electron chi connectivity index (χ1n) is 8.97. The summed E-state index contributed by atoms with van der Waals surface area (Å²) in [5.41, 5.74) is 2.52. The number of hydrogen-bond acceptors (Lipinski definition) is 2. The number of unbranched alkanes of at least 4 members (excludes halogenated alkanes) is 1. The molecule has 2 unspecified atom stereocenters. The van der Waals surface area contributed by atoms with Gasteiger partial charge in [0.05, 0.1) is 6.10 Å². The first kappa shape index (κ1) is 17.2. The summed E-state index contributed by atoms with van der Waals surface area (Å²) in [6.45, 7) is 5.17. The largest absolute Gasteiger partial charge is 0.378 e. The second-order valence-corrected chi connectivity index (χ2v) is 6.45. The first-order valence-corrected chi connectivity index (χ1v) is 8.97. The fraction of sp³-hybridized carbons (Fsp3) is 0.650. The number of carbonyl (C=O) groups is 1. The van der Waals surface area contributed by atoms with Gasteiger partial charge in [-0.2, -0.15) is 0 Å². The van der Waals surface area contributed by atoms with Gasteiger partial charge in [-0.25, -0.2) is 0 Å². The summed E-state index contributed by atoms with van der Waals surface area (Å²) in [5.74, 6) is 0.418. The van der Waals surface area contributed by atoms with Crippen molar-refractivity contribution in [1.29, 1.82) is 0 Å². The van der Waals surface area contributed by atoms with E-state index in [2.05, 4.69) is 38.1 Å². The third kappa shape index (κ3) is 4.95. The number of hydrogen-bond donors (Lipinski definition) is 0. The number of aryl methyl sites for hydroxylation is 1. The Balaban J connectivity index is 2.04. The standard InChI is InChI=1S/C20H30O2/c1-3-5-9-19(17-12-10-16(4-2)11-13-17)20(21)15-18-8-6-7-14-22-18/h10-13,18-19H,3-9,14-15H2,1-2H3. The van der Waals surface area contributed by atoms with Crippen LogP contribution in [-0.4, -0.2) is 18.5 Å². The molecule has 0 radical (unpaired) electrons. The van der Waals surface area contributed by atoms with Crippen molar-refractivity contribution < 1.29 is 9.53 Å². The molecule has 2 heteroatoms. The fourth-order valence-electron chi connectivity index (χ4n) is 3.24. The van der Waals surface area contributed by atoms with Gasteiger partial charge in [0.15, 0.2) is 0 Å². The number of carbonyl (C=O) groups excluding carboxylic acids is 1. The summed E-state index contributed by atoms with van der Waals surface area (Å²) in [6.07, 6.45) is 8.38. The quantitative estimate of drug-likeness (QED) is 0.671. The Kier molecular flexibility index (Phi) is 7.11. The lowest BCUT2D eigenvalue weighted by atomic mass is 9.86. The van der Waals surface area contributed by atoms with E-state index in [1.807, 2.05) is 0 Å². The molecule has 1 aliphatic heterocycles. The van der Waals surface area contributed by atoms with Crippen molar-refractivity contribution in [3.05, 3.63) is 35.4 Å². The average molecular weight is 302 g/mol. The molecule has 0 amide bonds. The molecule has 0 aromatic heterocycles. The zero-order valence-corrected chi connectivity index (χ0v) is 14.1. The van der Waals surface area contributed by atoms with Crippen molar-refractivity contribution in [3.63, 3.8) is 0 Å². The van der Waals surface area contributed by atoms with Crippen LogP contribution in [0, 0.1) is 0 Å². The van der Waals surface area contributed by atoms with E-state index >= 15 is 0 Å². The summed E-state index contributed by atoms with van der Waals surface area (Å²) in [6, 6.07) is 8.63. The van der Waals surface area contributed by atoms with Gasteiger partial charge < -0.3 is 4.74 Å². The molecule has 2 atom stereocenters. The minimum Gasteiger partial charge on any atom is -0.378 e. The molecule has 0 saturated carbocycles. The maximum atomic E-state index is 12.8. The monoisotopic (exact) mass is 302 g/mol. The molecule has 2 nitrogen and oxygen atoms in total. The lowest BCUT2D eigenvalue weighted by Crippen LogP contribution is -2.25. The Bertz CT molecular complexity index is 443. The molecule has 1 aliphatic rings. The summed E-state index contributed by atoms with van der Waals surface area (Å²) >= 11 is 0. The van der Waals surface area contributed by atoms with Gasteiger partial charge in [0.25, 0.3) is 0 Å². The molecule has 2 rings (SSSR count). The Morgan fingerprint density at radius 2 is 2.00 bits per heavy atom. The summed E-state index contributed by atoms with van der Waals surface area (Å²) in [5, 5.41) is 0. The SMILES string of the molecule is CCCCC(C(=O)CC1CCCCO1)c1ccc(CC)cc1. The Hall–Kier alpha value is -1.15. The number of Topliss-reactive ketones (excluding diaryl/α,β-unsaturated/α-hetero) is 1. The zero-order chi connectivity index (χ0) is 15.8. The predicted octanol–water partition coefficient (Wildman–Crippen LogP) is 5.05. The molecule has 122 valence electrons. The highest BCUT2D eigenvalue weighted by atomic mass is 16.5. The van der Waals surface area contributed by atoms with E-state index in [1.165, 1.54) is 17.5 Å². The molecule has 0 aliphatic carbocycles. The third-order valence-electron chi connectivity index (χ3n) is 4.73. The van der Waals surface area contributed by atoms with Crippen LogP contribution in [0.25, 0.3) is 0 Å². The van der Waals surface area contributed by atoms with Crippen molar-refractivity contribution >= 4 is 5.78 Å². The van der Waals surface area contributed by atoms with E-state index in [0.29, 0.717) is 12.2 Å². The van der Waals surface area contributed by atoms with Gasteiger partial charge >= 0.3 is 0 Å². The Morgan fingerprint density at radius 1 is 1.23 bits per heavy atom. The van der Waals surface area contributed by atoms with E-state index in [4.69, 9.17) is 4.74 Å². The molecule has 22 heavy (non-hydrogen) atoms. The second-order valence-electron chi connectivity index (χ2n) is 6.45.